The average Bonchev–Trinajstić information content (AvgIpc) is 2.72. The van der Waals surface area contributed by atoms with E-state index in [1.54, 1.807) is 12.4 Å². The Morgan fingerprint density at radius 3 is 2.94 bits per heavy atom. The van der Waals surface area contributed by atoms with E-state index in [4.69, 9.17) is 0 Å². The van der Waals surface area contributed by atoms with Gasteiger partial charge in [0.2, 0.25) is 0 Å². The number of hydrogen-bond donors (Lipinski definition) is 0. The van der Waals surface area contributed by atoms with Gasteiger partial charge in [-0.15, -0.1) is 5.10 Å². The van der Waals surface area contributed by atoms with Crippen molar-refractivity contribution in [1.82, 2.24) is 24.6 Å². The summed E-state index contributed by atoms with van der Waals surface area (Å²) in [5, 5.41) is 7.77. The van der Waals surface area contributed by atoms with Gasteiger partial charge in [-0.05, 0) is 34.7 Å². The fourth-order valence-corrected chi connectivity index (χ4v) is 2.02. The van der Waals surface area contributed by atoms with Crippen molar-refractivity contribution in [3.05, 3.63) is 40.6 Å². The van der Waals surface area contributed by atoms with Gasteiger partial charge in [-0.1, -0.05) is 0 Å². The first-order valence-electron chi connectivity index (χ1n) is 4.61. The van der Waals surface area contributed by atoms with Crippen LogP contribution in [0.2, 0.25) is 0 Å². The lowest BCUT2D eigenvalue weighted by atomic mass is 10.2. The lowest BCUT2D eigenvalue weighted by Crippen LogP contribution is -1.92. The van der Waals surface area contributed by atoms with Crippen molar-refractivity contribution in [2.24, 2.45) is 0 Å². The molecule has 3 heterocycles. The number of rotatable bonds is 1. The number of nitrogens with zero attached hydrogens (tertiary/aromatic N) is 5. The second-order valence-electron chi connectivity index (χ2n) is 3.19. The summed E-state index contributed by atoms with van der Waals surface area (Å²) in [6.45, 7) is 0. The Labute approximate surface area is 105 Å². The van der Waals surface area contributed by atoms with Gasteiger partial charge in [0.15, 0.2) is 5.82 Å². The molecular weight excluding hydrogens is 317 g/mol. The first-order chi connectivity index (χ1) is 7.84. The van der Waals surface area contributed by atoms with Crippen LogP contribution in [0.1, 0.15) is 0 Å². The minimum Gasteiger partial charge on any atom is -0.295 e. The molecule has 78 valence electrons. The molecule has 0 aliphatic rings. The van der Waals surface area contributed by atoms with Gasteiger partial charge >= 0.3 is 0 Å². The molecule has 0 unspecified atom stereocenters. The summed E-state index contributed by atoms with van der Waals surface area (Å²) in [6, 6.07) is 3.90. The van der Waals surface area contributed by atoms with Gasteiger partial charge in [0, 0.05) is 18.0 Å². The second kappa shape index (κ2) is 3.78. The summed E-state index contributed by atoms with van der Waals surface area (Å²) in [4.78, 5) is 8.43. The quantitative estimate of drug-likeness (QED) is 0.641. The largest absolute Gasteiger partial charge is 0.295 e. The fourth-order valence-electron chi connectivity index (χ4n) is 1.47. The van der Waals surface area contributed by atoms with Crippen LogP contribution in [0.5, 0.6) is 0 Å². The van der Waals surface area contributed by atoms with Gasteiger partial charge in [-0.3, -0.25) is 4.40 Å². The van der Waals surface area contributed by atoms with E-state index >= 15 is 0 Å². The maximum atomic E-state index is 4.28. The number of imidazole rings is 1. The molecule has 5 nitrogen and oxygen atoms in total. The van der Waals surface area contributed by atoms with E-state index in [0.29, 0.717) is 5.82 Å². The molecule has 0 amide bonds. The number of aromatic nitrogens is 5. The Balaban J connectivity index is 2.19. The molecule has 0 aromatic carbocycles. The van der Waals surface area contributed by atoms with Gasteiger partial charge in [-0.25, -0.2) is 9.97 Å². The van der Waals surface area contributed by atoms with E-state index in [0.717, 1.165) is 14.9 Å². The van der Waals surface area contributed by atoms with Crippen LogP contribution in [0.4, 0.5) is 0 Å². The van der Waals surface area contributed by atoms with Gasteiger partial charge in [0.05, 0.1) is 12.4 Å². The summed E-state index contributed by atoms with van der Waals surface area (Å²) in [5.41, 5.74) is 1.80. The van der Waals surface area contributed by atoms with Crippen molar-refractivity contribution in [2.75, 3.05) is 0 Å². The van der Waals surface area contributed by atoms with Gasteiger partial charge in [0.1, 0.15) is 9.35 Å². The Kier molecular flexibility index (Phi) is 2.28. The fraction of sp³-hybridized carbons (Fsp3) is 0. The van der Waals surface area contributed by atoms with Crippen LogP contribution < -0.4 is 0 Å². The second-order valence-corrected chi connectivity index (χ2v) is 4.30. The van der Waals surface area contributed by atoms with Crippen LogP contribution in [-0.4, -0.2) is 24.6 Å². The minimum atomic E-state index is 0.614. The molecule has 3 aromatic heterocycles. The molecule has 0 N–H and O–H groups in total. The maximum absolute atomic E-state index is 4.28. The van der Waals surface area contributed by atoms with Gasteiger partial charge in [0.25, 0.3) is 0 Å². The molecule has 0 fully saturated rings. The Hall–Kier alpha value is -1.57. The summed E-state index contributed by atoms with van der Waals surface area (Å²) in [7, 11) is 0. The summed E-state index contributed by atoms with van der Waals surface area (Å²) in [5.74, 6) is 0.614. The molecule has 16 heavy (non-hydrogen) atoms. The Bertz CT molecular complexity index is 634. The topological polar surface area (TPSA) is 56.0 Å². The number of fused-ring (bicyclic) bond motifs is 1. The van der Waals surface area contributed by atoms with Crippen LogP contribution in [0.15, 0.2) is 36.9 Å². The monoisotopic (exact) mass is 323 g/mol. The van der Waals surface area contributed by atoms with Crippen molar-refractivity contribution in [3.8, 4) is 11.4 Å². The Morgan fingerprint density at radius 2 is 2.12 bits per heavy atom. The van der Waals surface area contributed by atoms with E-state index < -0.39 is 0 Å². The molecule has 0 radical (unpaired) electrons. The SMILES string of the molecule is Ic1cnc2cc(-c3nccnn3)ccn12. The first kappa shape index (κ1) is 9.64. The molecule has 0 bridgehead atoms. The first-order valence-corrected chi connectivity index (χ1v) is 5.69. The zero-order valence-corrected chi connectivity index (χ0v) is 10.2. The molecular formula is C10H6IN5. The number of hydrogen-bond acceptors (Lipinski definition) is 4. The van der Waals surface area contributed by atoms with Crippen LogP contribution in [0, 0.1) is 3.70 Å². The molecule has 0 saturated heterocycles. The third-order valence-electron chi connectivity index (χ3n) is 2.21. The normalized spacial score (nSPS) is 10.8. The van der Waals surface area contributed by atoms with E-state index in [1.807, 2.05) is 28.9 Å². The van der Waals surface area contributed by atoms with Crippen molar-refractivity contribution in [2.45, 2.75) is 0 Å². The van der Waals surface area contributed by atoms with Crippen LogP contribution in [0.3, 0.4) is 0 Å². The van der Waals surface area contributed by atoms with Crippen LogP contribution >= 0.6 is 22.6 Å². The summed E-state index contributed by atoms with van der Waals surface area (Å²) in [6.07, 6.45) is 6.96. The van der Waals surface area contributed by atoms with Crippen molar-refractivity contribution >= 4 is 28.2 Å². The predicted molar refractivity (Wildman–Crippen MR) is 66.7 cm³/mol. The van der Waals surface area contributed by atoms with Crippen LogP contribution in [-0.2, 0) is 0 Å². The lowest BCUT2D eigenvalue weighted by Gasteiger charge is -1.99. The van der Waals surface area contributed by atoms with Crippen molar-refractivity contribution < 1.29 is 0 Å². The molecule has 0 aliphatic heterocycles. The highest BCUT2D eigenvalue weighted by Gasteiger charge is 2.04. The molecule has 0 spiro atoms. The highest BCUT2D eigenvalue weighted by Crippen LogP contribution is 2.17. The van der Waals surface area contributed by atoms with Gasteiger partial charge < -0.3 is 0 Å². The maximum Gasteiger partial charge on any atom is 0.181 e. The third-order valence-corrected chi connectivity index (χ3v) is 3.01. The lowest BCUT2D eigenvalue weighted by molar-refractivity contribution is 0.978. The molecule has 0 aliphatic carbocycles. The van der Waals surface area contributed by atoms with E-state index in [-0.39, 0.29) is 0 Å². The summed E-state index contributed by atoms with van der Waals surface area (Å²) < 4.78 is 3.08. The number of halogens is 1. The minimum absolute atomic E-state index is 0.614. The highest BCUT2D eigenvalue weighted by molar-refractivity contribution is 14.1. The zero-order chi connectivity index (χ0) is 11.0. The smallest absolute Gasteiger partial charge is 0.181 e. The molecule has 0 saturated carbocycles. The van der Waals surface area contributed by atoms with E-state index in [1.165, 1.54) is 0 Å². The summed E-state index contributed by atoms with van der Waals surface area (Å²) >= 11 is 2.24. The van der Waals surface area contributed by atoms with Crippen molar-refractivity contribution in [3.63, 3.8) is 0 Å². The molecule has 3 aromatic rings. The zero-order valence-electron chi connectivity index (χ0n) is 8.08. The van der Waals surface area contributed by atoms with E-state index in [9.17, 15) is 0 Å². The van der Waals surface area contributed by atoms with Gasteiger partial charge in [-0.2, -0.15) is 5.10 Å². The average molecular weight is 323 g/mol. The van der Waals surface area contributed by atoms with Crippen LogP contribution in [0.25, 0.3) is 17.0 Å². The highest BCUT2D eigenvalue weighted by atomic mass is 127. The molecule has 6 heteroatoms. The number of pyridine rings is 1. The molecule has 3 rings (SSSR count). The molecule has 0 atom stereocenters. The standard InChI is InChI=1S/C10H6IN5/c11-8-6-13-9-5-7(1-4-16(8)9)10-12-2-3-14-15-10/h1-6H. The van der Waals surface area contributed by atoms with Crippen molar-refractivity contribution in [1.29, 1.82) is 0 Å². The Morgan fingerprint density at radius 1 is 1.19 bits per heavy atom. The predicted octanol–water partition coefficient (Wildman–Crippen LogP) is 1.79. The van der Waals surface area contributed by atoms with E-state index in [2.05, 4.69) is 42.8 Å². The third kappa shape index (κ3) is 1.54.